The lowest BCUT2D eigenvalue weighted by atomic mass is 9.97. The fourth-order valence-corrected chi connectivity index (χ4v) is 2.78. The molecule has 3 heteroatoms. The van der Waals surface area contributed by atoms with Crippen LogP contribution in [0.2, 0.25) is 0 Å². The molecule has 98 valence electrons. The van der Waals surface area contributed by atoms with E-state index in [4.69, 9.17) is 0 Å². The Balaban J connectivity index is 2.20. The topological polar surface area (TPSA) is 32.3 Å². The second-order valence-electron chi connectivity index (χ2n) is 5.05. The lowest BCUT2D eigenvalue weighted by Gasteiger charge is -2.37. The predicted molar refractivity (Wildman–Crippen MR) is 73.4 cm³/mol. The number of hydrogen-bond donors (Lipinski definition) is 1. The van der Waals surface area contributed by atoms with Crippen LogP contribution < -0.4 is 5.32 Å². The number of benzene rings is 1. The van der Waals surface area contributed by atoms with Gasteiger partial charge in [0.25, 0.3) is 0 Å². The molecular weight excluding hydrogens is 224 g/mol. The lowest BCUT2D eigenvalue weighted by molar-refractivity contribution is -0.138. The Hall–Kier alpha value is -1.35. The highest BCUT2D eigenvalue weighted by atomic mass is 16.2. The molecule has 0 aliphatic carbocycles. The highest BCUT2D eigenvalue weighted by molar-refractivity contribution is 5.83. The highest BCUT2D eigenvalue weighted by Crippen LogP contribution is 2.27. The molecule has 1 saturated heterocycles. The molecule has 1 heterocycles. The summed E-state index contributed by atoms with van der Waals surface area (Å²) in [5, 5.41) is 3.11. The number of nitrogens with one attached hydrogen (secondary N) is 1. The van der Waals surface area contributed by atoms with E-state index in [0.717, 1.165) is 19.4 Å². The van der Waals surface area contributed by atoms with Crippen LogP contribution in [-0.4, -0.2) is 30.4 Å². The van der Waals surface area contributed by atoms with Gasteiger partial charge in [-0.05, 0) is 44.9 Å². The molecule has 18 heavy (non-hydrogen) atoms. The molecule has 1 N–H and O–H groups in total. The maximum atomic E-state index is 12.3. The molecule has 0 saturated carbocycles. The molecular formula is C15H22N2O. The third kappa shape index (κ3) is 2.41. The van der Waals surface area contributed by atoms with Gasteiger partial charge >= 0.3 is 0 Å². The minimum absolute atomic E-state index is 0.00906. The SMILES string of the molecule is CNC1CCCN(C(C)c2ccccc2C)C1=O. The maximum absolute atomic E-state index is 12.3. The molecule has 0 aromatic heterocycles. The molecule has 0 spiro atoms. The third-order valence-corrected chi connectivity index (χ3v) is 3.93. The number of likely N-dealkylation sites (N-methyl/N-ethyl adjacent to an activating group) is 1. The smallest absolute Gasteiger partial charge is 0.240 e. The van der Waals surface area contributed by atoms with E-state index in [0.29, 0.717) is 0 Å². The summed E-state index contributed by atoms with van der Waals surface area (Å²) in [6, 6.07) is 8.47. The standard InChI is InChI=1S/C15H22N2O/c1-11-7-4-5-8-13(11)12(2)17-10-6-9-14(16-3)15(17)18/h4-5,7-8,12,14,16H,6,9-10H2,1-3H3. The summed E-state index contributed by atoms with van der Waals surface area (Å²) in [5.74, 6) is 0.236. The van der Waals surface area contributed by atoms with E-state index in [-0.39, 0.29) is 18.0 Å². The van der Waals surface area contributed by atoms with E-state index in [1.165, 1.54) is 11.1 Å². The van der Waals surface area contributed by atoms with Gasteiger partial charge in [-0.2, -0.15) is 0 Å². The second kappa shape index (κ2) is 5.53. The Labute approximate surface area is 109 Å². The van der Waals surface area contributed by atoms with Crippen molar-refractivity contribution < 1.29 is 4.79 Å². The first-order valence-corrected chi connectivity index (χ1v) is 6.68. The third-order valence-electron chi connectivity index (χ3n) is 3.93. The molecule has 1 aromatic carbocycles. The van der Waals surface area contributed by atoms with Gasteiger partial charge in [-0.1, -0.05) is 24.3 Å². The predicted octanol–water partition coefficient (Wildman–Crippen LogP) is 2.27. The van der Waals surface area contributed by atoms with Crippen molar-refractivity contribution in [2.75, 3.05) is 13.6 Å². The molecule has 3 nitrogen and oxygen atoms in total. The van der Waals surface area contributed by atoms with Gasteiger partial charge in [0.15, 0.2) is 0 Å². The Bertz CT molecular complexity index is 430. The van der Waals surface area contributed by atoms with Crippen LogP contribution in [0.5, 0.6) is 0 Å². The number of rotatable bonds is 3. The molecule has 1 amide bonds. The molecule has 1 fully saturated rings. The van der Waals surface area contributed by atoms with Gasteiger partial charge < -0.3 is 10.2 Å². The number of piperidine rings is 1. The van der Waals surface area contributed by atoms with Crippen LogP contribution in [0.15, 0.2) is 24.3 Å². The van der Waals surface area contributed by atoms with E-state index in [2.05, 4.69) is 31.3 Å². The number of likely N-dealkylation sites (tertiary alicyclic amines) is 1. The van der Waals surface area contributed by atoms with Gasteiger partial charge in [-0.15, -0.1) is 0 Å². The zero-order valence-corrected chi connectivity index (χ0v) is 11.4. The zero-order chi connectivity index (χ0) is 13.1. The molecule has 0 radical (unpaired) electrons. The van der Waals surface area contributed by atoms with Crippen LogP contribution >= 0.6 is 0 Å². The van der Waals surface area contributed by atoms with Crippen molar-refractivity contribution in [3.63, 3.8) is 0 Å². The average molecular weight is 246 g/mol. The van der Waals surface area contributed by atoms with Crippen LogP contribution in [0.3, 0.4) is 0 Å². The zero-order valence-electron chi connectivity index (χ0n) is 11.4. The van der Waals surface area contributed by atoms with Crippen molar-refractivity contribution >= 4 is 5.91 Å². The summed E-state index contributed by atoms with van der Waals surface area (Å²) in [4.78, 5) is 14.4. The van der Waals surface area contributed by atoms with Crippen LogP contribution in [0.1, 0.15) is 36.9 Å². The van der Waals surface area contributed by atoms with Gasteiger partial charge in [0.1, 0.15) is 0 Å². The summed E-state index contributed by atoms with van der Waals surface area (Å²) < 4.78 is 0. The first kappa shape index (κ1) is 13.1. The van der Waals surface area contributed by atoms with Gasteiger partial charge in [0, 0.05) is 6.54 Å². The van der Waals surface area contributed by atoms with E-state index >= 15 is 0 Å². The van der Waals surface area contributed by atoms with Gasteiger partial charge in [-0.3, -0.25) is 4.79 Å². The minimum atomic E-state index is -0.00906. The van der Waals surface area contributed by atoms with Crippen LogP contribution in [-0.2, 0) is 4.79 Å². The van der Waals surface area contributed by atoms with E-state index in [9.17, 15) is 4.79 Å². The summed E-state index contributed by atoms with van der Waals surface area (Å²) >= 11 is 0. The highest BCUT2D eigenvalue weighted by Gasteiger charge is 2.31. The summed E-state index contributed by atoms with van der Waals surface area (Å²) in [7, 11) is 1.87. The Morgan fingerprint density at radius 1 is 1.39 bits per heavy atom. The van der Waals surface area contributed by atoms with Crippen LogP contribution in [0, 0.1) is 6.92 Å². The summed E-state index contributed by atoms with van der Waals surface area (Å²) in [6.45, 7) is 5.10. The molecule has 1 aliphatic rings. The lowest BCUT2D eigenvalue weighted by Crippen LogP contribution is -2.50. The minimum Gasteiger partial charge on any atom is -0.335 e. The Kier molecular flexibility index (Phi) is 4.02. The van der Waals surface area contributed by atoms with Crippen LogP contribution in [0.4, 0.5) is 0 Å². The fraction of sp³-hybridized carbons (Fsp3) is 0.533. The fourth-order valence-electron chi connectivity index (χ4n) is 2.78. The maximum Gasteiger partial charge on any atom is 0.240 e. The first-order valence-electron chi connectivity index (χ1n) is 6.68. The van der Waals surface area contributed by atoms with E-state index in [1.54, 1.807) is 0 Å². The number of nitrogens with zero attached hydrogens (tertiary/aromatic N) is 1. The summed E-state index contributed by atoms with van der Waals surface area (Å²) in [5.41, 5.74) is 2.51. The molecule has 1 aromatic rings. The van der Waals surface area contributed by atoms with Crippen molar-refractivity contribution in [1.29, 1.82) is 0 Å². The van der Waals surface area contributed by atoms with Crippen molar-refractivity contribution in [2.24, 2.45) is 0 Å². The monoisotopic (exact) mass is 246 g/mol. The van der Waals surface area contributed by atoms with Gasteiger partial charge in [0.05, 0.1) is 12.1 Å². The van der Waals surface area contributed by atoms with Crippen molar-refractivity contribution in [2.45, 2.75) is 38.8 Å². The molecule has 0 bridgehead atoms. The molecule has 2 atom stereocenters. The first-order chi connectivity index (χ1) is 8.65. The largest absolute Gasteiger partial charge is 0.335 e. The number of carbonyl (C=O) groups is 1. The van der Waals surface area contributed by atoms with Crippen molar-refractivity contribution in [3.8, 4) is 0 Å². The number of amides is 1. The molecule has 2 unspecified atom stereocenters. The van der Waals surface area contributed by atoms with Gasteiger partial charge in [0.2, 0.25) is 5.91 Å². The van der Waals surface area contributed by atoms with Crippen molar-refractivity contribution in [3.05, 3.63) is 35.4 Å². The Morgan fingerprint density at radius 2 is 2.11 bits per heavy atom. The normalized spacial score (nSPS) is 22.1. The Morgan fingerprint density at radius 3 is 2.78 bits per heavy atom. The van der Waals surface area contributed by atoms with Crippen molar-refractivity contribution in [1.82, 2.24) is 10.2 Å². The second-order valence-corrected chi connectivity index (χ2v) is 5.05. The molecule has 1 aliphatic heterocycles. The number of aryl methyl sites for hydroxylation is 1. The van der Waals surface area contributed by atoms with Gasteiger partial charge in [-0.25, -0.2) is 0 Å². The molecule has 2 rings (SSSR count). The van der Waals surface area contributed by atoms with E-state index in [1.807, 2.05) is 24.1 Å². The quantitative estimate of drug-likeness (QED) is 0.887. The van der Waals surface area contributed by atoms with E-state index < -0.39 is 0 Å². The number of carbonyl (C=O) groups excluding carboxylic acids is 1. The number of hydrogen-bond acceptors (Lipinski definition) is 2. The average Bonchev–Trinajstić information content (AvgIpc) is 2.39. The van der Waals surface area contributed by atoms with Crippen LogP contribution in [0.25, 0.3) is 0 Å². The summed E-state index contributed by atoms with van der Waals surface area (Å²) in [6.07, 6.45) is 2.03.